The van der Waals surface area contributed by atoms with Crippen molar-refractivity contribution >= 4 is 55.0 Å². The lowest BCUT2D eigenvalue weighted by atomic mass is 10.1. The summed E-state index contributed by atoms with van der Waals surface area (Å²) in [4.78, 5) is 9.17. The van der Waals surface area contributed by atoms with E-state index < -0.39 is 10.0 Å². The Balaban J connectivity index is 1.66. The third kappa shape index (κ3) is 5.82. The van der Waals surface area contributed by atoms with Gasteiger partial charge in [0, 0.05) is 21.8 Å². The van der Waals surface area contributed by atoms with Crippen LogP contribution in [0.5, 0.6) is 0 Å². The first kappa shape index (κ1) is 24.7. The second-order valence-corrected chi connectivity index (χ2v) is 11.0. The molecule has 2 heterocycles. The van der Waals surface area contributed by atoms with Crippen LogP contribution >= 0.6 is 27.7 Å². The molecule has 0 saturated carbocycles. The third-order valence-electron chi connectivity index (χ3n) is 4.67. The number of benzene rings is 2. The van der Waals surface area contributed by atoms with Crippen molar-refractivity contribution in [3.8, 4) is 17.3 Å². The molecule has 0 unspecified atom stereocenters. The molecule has 0 aliphatic carbocycles. The number of halogens is 1. The van der Waals surface area contributed by atoms with Crippen LogP contribution in [0, 0.1) is 18.3 Å². The second kappa shape index (κ2) is 10.5. The summed E-state index contributed by atoms with van der Waals surface area (Å²) in [6.07, 6.45) is 0. The highest BCUT2D eigenvalue weighted by atomic mass is 79.9. The fourth-order valence-corrected chi connectivity index (χ4v) is 5.09. The number of anilines is 3. The summed E-state index contributed by atoms with van der Waals surface area (Å²) in [6.45, 7) is 3.66. The quantitative estimate of drug-likeness (QED) is 0.201. The maximum absolute atomic E-state index is 12.6. The molecule has 2 aromatic carbocycles. The van der Waals surface area contributed by atoms with E-state index in [9.17, 15) is 13.7 Å². The van der Waals surface area contributed by atoms with Gasteiger partial charge in [-0.15, -0.1) is 0 Å². The number of nitriles is 1. The van der Waals surface area contributed by atoms with E-state index in [-0.39, 0.29) is 16.3 Å². The molecule has 0 atom stereocenters. The Labute approximate surface area is 215 Å². The number of hydrogen-bond donors (Lipinski definition) is 2. The van der Waals surface area contributed by atoms with Gasteiger partial charge in [0.1, 0.15) is 17.4 Å². The highest BCUT2D eigenvalue weighted by Gasteiger charge is 2.19. The van der Waals surface area contributed by atoms with E-state index in [2.05, 4.69) is 47.2 Å². The van der Waals surface area contributed by atoms with Gasteiger partial charge in [-0.05, 0) is 49.1 Å². The van der Waals surface area contributed by atoms with Crippen LogP contribution in [-0.2, 0) is 10.0 Å². The molecule has 4 aromatic rings. The lowest BCUT2D eigenvalue weighted by Crippen LogP contribution is -2.13. The first-order valence-corrected chi connectivity index (χ1v) is 13.6. The van der Waals surface area contributed by atoms with Gasteiger partial charge in [-0.3, -0.25) is 4.72 Å². The van der Waals surface area contributed by atoms with Crippen molar-refractivity contribution in [1.82, 2.24) is 15.1 Å². The number of thioether (sulfide) groups is 1. The number of rotatable bonds is 8. The van der Waals surface area contributed by atoms with Crippen molar-refractivity contribution in [2.45, 2.75) is 23.9 Å². The van der Waals surface area contributed by atoms with Crippen molar-refractivity contribution in [2.75, 3.05) is 15.8 Å². The minimum atomic E-state index is -3.85. The van der Waals surface area contributed by atoms with Gasteiger partial charge < -0.3 is 9.84 Å². The van der Waals surface area contributed by atoms with Crippen LogP contribution in [0.25, 0.3) is 11.3 Å². The zero-order chi connectivity index (χ0) is 25.0. The van der Waals surface area contributed by atoms with Crippen LogP contribution in [0.4, 0.5) is 17.3 Å². The molecule has 2 aromatic heterocycles. The topological polar surface area (TPSA) is 134 Å². The third-order valence-corrected chi connectivity index (χ3v) is 7.26. The summed E-state index contributed by atoms with van der Waals surface area (Å²) < 4.78 is 33.4. The molecule has 0 spiro atoms. The van der Waals surface area contributed by atoms with Gasteiger partial charge in [0.15, 0.2) is 16.8 Å². The van der Waals surface area contributed by atoms with Crippen LogP contribution in [-0.4, -0.2) is 29.3 Å². The molecule has 4 rings (SSSR count). The fraction of sp³-hybridized carbons (Fsp3) is 0.130. The minimum Gasteiger partial charge on any atom is -0.360 e. The molecular weight excluding hydrogens is 552 g/mol. The molecule has 0 fully saturated rings. The minimum absolute atomic E-state index is 0.0453. The molecule has 9 nitrogen and oxygen atoms in total. The zero-order valence-corrected chi connectivity index (χ0v) is 21.8. The Hall–Kier alpha value is -3.40. The normalized spacial score (nSPS) is 11.1. The summed E-state index contributed by atoms with van der Waals surface area (Å²) in [5.74, 6) is 1.68. The van der Waals surface area contributed by atoms with E-state index >= 15 is 0 Å². The average molecular weight is 571 g/mol. The van der Waals surface area contributed by atoms with Crippen molar-refractivity contribution < 1.29 is 12.9 Å². The van der Waals surface area contributed by atoms with Gasteiger partial charge in [-0.1, -0.05) is 51.9 Å². The molecule has 0 saturated heterocycles. The molecule has 0 bridgehead atoms. The molecule has 0 aliphatic heterocycles. The molecule has 35 heavy (non-hydrogen) atoms. The smallest absolute Gasteiger partial charge is 0.263 e. The van der Waals surface area contributed by atoms with E-state index in [0.717, 1.165) is 15.8 Å². The van der Waals surface area contributed by atoms with Crippen molar-refractivity contribution in [3.05, 3.63) is 70.4 Å². The number of aromatic nitrogens is 3. The van der Waals surface area contributed by atoms with Crippen molar-refractivity contribution in [1.29, 1.82) is 5.26 Å². The maximum Gasteiger partial charge on any atom is 0.263 e. The summed E-state index contributed by atoms with van der Waals surface area (Å²) in [5.41, 5.74) is 2.12. The van der Waals surface area contributed by atoms with Crippen LogP contribution in [0.2, 0.25) is 0 Å². The number of aryl methyl sites for hydroxylation is 1. The van der Waals surface area contributed by atoms with Gasteiger partial charge in [0.2, 0.25) is 0 Å². The SMILES string of the molecule is CCSc1nc(Nc2ccc(S(=O)(=O)Nc3cc(C)on3)cc2)c(C#N)c(-c2cccc(Br)c2)n1. The Bertz CT molecular complexity index is 1520. The van der Waals surface area contributed by atoms with Gasteiger partial charge in [-0.25, -0.2) is 18.4 Å². The first-order chi connectivity index (χ1) is 16.8. The maximum atomic E-state index is 12.6. The Morgan fingerprint density at radius 2 is 1.91 bits per heavy atom. The van der Waals surface area contributed by atoms with Gasteiger partial charge >= 0.3 is 0 Å². The molecular formula is C23H19BrN6O3S2. The first-order valence-electron chi connectivity index (χ1n) is 10.3. The predicted octanol–water partition coefficient (Wildman–Crippen LogP) is 5.73. The van der Waals surface area contributed by atoms with E-state index in [1.54, 1.807) is 19.1 Å². The average Bonchev–Trinajstić information content (AvgIpc) is 3.23. The largest absolute Gasteiger partial charge is 0.360 e. The van der Waals surface area contributed by atoms with E-state index in [0.29, 0.717) is 28.1 Å². The van der Waals surface area contributed by atoms with Crippen LogP contribution in [0.1, 0.15) is 18.2 Å². The molecule has 0 aliphatic rings. The van der Waals surface area contributed by atoms with E-state index in [4.69, 9.17) is 4.52 Å². The molecule has 178 valence electrons. The number of hydrogen-bond acceptors (Lipinski definition) is 9. The van der Waals surface area contributed by atoms with Gasteiger partial charge in [0.25, 0.3) is 10.0 Å². The van der Waals surface area contributed by atoms with Crippen LogP contribution in [0.3, 0.4) is 0 Å². The Morgan fingerprint density at radius 3 is 2.54 bits per heavy atom. The Morgan fingerprint density at radius 1 is 1.14 bits per heavy atom. The van der Waals surface area contributed by atoms with Gasteiger partial charge in [-0.2, -0.15) is 5.26 Å². The highest BCUT2D eigenvalue weighted by Crippen LogP contribution is 2.32. The number of nitrogens with one attached hydrogen (secondary N) is 2. The zero-order valence-electron chi connectivity index (χ0n) is 18.6. The highest BCUT2D eigenvalue weighted by molar-refractivity contribution is 9.10. The lowest BCUT2D eigenvalue weighted by Gasteiger charge is -2.13. The Kier molecular flexibility index (Phi) is 7.39. The molecule has 12 heteroatoms. The van der Waals surface area contributed by atoms with Crippen LogP contribution in [0.15, 0.2) is 73.6 Å². The lowest BCUT2D eigenvalue weighted by molar-refractivity contribution is 0.400. The summed E-state index contributed by atoms with van der Waals surface area (Å²) >= 11 is 4.92. The van der Waals surface area contributed by atoms with Crippen molar-refractivity contribution in [2.24, 2.45) is 0 Å². The summed E-state index contributed by atoms with van der Waals surface area (Å²) in [7, 11) is -3.85. The molecule has 0 amide bonds. The molecule has 0 radical (unpaired) electrons. The number of sulfonamides is 1. The van der Waals surface area contributed by atoms with E-state index in [1.807, 2.05) is 31.2 Å². The molecule has 2 N–H and O–H groups in total. The summed E-state index contributed by atoms with van der Waals surface area (Å²) in [6, 6.07) is 17.3. The van der Waals surface area contributed by atoms with Gasteiger partial charge in [0.05, 0.1) is 10.6 Å². The standard InChI is InChI=1S/C23H19BrN6O3S2/c1-3-34-23-27-21(15-5-4-6-16(24)12-15)19(13-25)22(28-23)26-17-7-9-18(10-8-17)35(31,32)30-20-11-14(2)33-29-20/h4-12H,3H2,1-2H3,(H,29,30)(H,26,27,28). The predicted molar refractivity (Wildman–Crippen MR) is 138 cm³/mol. The monoisotopic (exact) mass is 570 g/mol. The van der Waals surface area contributed by atoms with Crippen LogP contribution < -0.4 is 10.0 Å². The van der Waals surface area contributed by atoms with E-state index in [1.165, 1.54) is 30.0 Å². The number of nitrogens with zero attached hydrogens (tertiary/aromatic N) is 4. The summed E-state index contributed by atoms with van der Waals surface area (Å²) in [5, 5.41) is 17.2. The fourth-order valence-electron chi connectivity index (χ4n) is 3.14. The second-order valence-electron chi connectivity index (χ2n) is 7.21. The van der Waals surface area contributed by atoms with Crippen molar-refractivity contribution in [3.63, 3.8) is 0 Å².